The summed E-state index contributed by atoms with van der Waals surface area (Å²) >= 11 is 0. The Hall–Kier alpha value is -0.610. The van der Waals surface area contributed by atoms with Gasteiger partial charge in [-0.15, -0.1) is 0 Å². The number of hydrogen-bond donors (Lipinski definition) is 1. The highest BCUT2D eigenvalue weighted by Crippen LogP contribution is 1.91. The first-order chi connectivity index (χ1) is 7.07. The van der Waals surface area contributed by atoms with Gasteiger partial charge in [0.05, 0.1) is 6.54 Å². The van der Waals surface area contributed by atoms with Gasteiger partial charge in [0.2, 0.25) is 5.91 Å². The molecule has 1 N–H and O–H groups in total. The number of carbonyl (C=O) groups excluding carboxylic acids is 1. The molecule has 0 aromatic heterocycles. The molecule has 0 aliphatic rings. The van der Waals surface area contributed by atoms with Gasteiger partial charge in [-0.3, -0.25) is 4.79 Å². The van der Waals surface area contributed by atoms with Crippen molar-refractivity contribution in [1.82, 2.24) is 15.1 Å². The van der Waals surface area contributed by atoms with E-state index in [4.69, 9.17) is 0 Å². The lowest BCUT2D eigenvalue weighted by atomic mass is 10.3. The van der Waals surface area contributed by atoms with Crippen molar-refractivity contribution < 1.29 is 4.79 Å². The smallest absolute Gasteiger partial charge is 0.236 e. The van der Waals surface area contributed by atoms with Crippen molar-refractivity contribution in [3.63, 3.8) is 0 Å². The molecular weight excluding hydrogens is 190 g/mol. The molecule has 0 radical (unpaired) electrons. The summed E-state index contributed by atoms with van der Waals surface area (Å²) in [6.45, 7) is 5.28. The summed E-state index contributed by atoms with van der Waals surface area (Å²) in [4.78, 5) is 15.4. The molecule has 15 heavy (non-hydrogen) atoms. The average Bonchev–Trinajstić information content (AvgIpc) is 2.20. The minimum Gasteiger partial charge on any atom is -0.345 e. The molecule has 0 aromatic rings. The first-order valence-electron chi connectivity index (χ1n) is 5.67. The van der Waals surface area contributed by atoms with E-state index in [9.17, 15) is 4.79 Å². The summed E-state index contributed by atoms with van der Waals surface area (Å²) in [5.41, 5.74) is 0. The van der Waals surface area contributed by atoms with E-state index in [2.05, 4.69) is 17.1 Å². The third-order valence-electron chi connectivity index (χ3n) is 2.28. The first kappa shape index (κ1) is 14.4. The van der Waals surface area contributed by atoms with E-state index in [1.807, 2.05) is 21.1 Å². The molecule has 0 aliphatic heterocycles. The number of unbranched alkanes of at least 4 members (excludes halogenated alkanes) is 1. The van der Waals surface area contributed by atoms with Crippen molar-refractivity contribution in [2.24, 2.45) is 0 Å². The number of likely N-dealkylation sites (N-methyl/N-ethyl adjacent to an activating group) is 2. The van der Waals surface area contributed by atoms with Crippen LogP contribution in [0.2, 0.25) is 0 Å². The fourth-order valence-corrected chi connectivity index (χ4v) is 1.15. The quantitative estimate of drug-likeness (QED) is 0.595. The van der Waals surface area contributed by atoms with Gasteiger partial charge in [0.15, 0.2) is 0 Å². The molecule has 0 atom stereocenters. The maximum absolute atomic E-state index is 11.5. The lowest BCUT2D eigenvalue weighted by Crippen LogP contribution is -2.38. The topological polar surface area (TPSA) is 35.6 Å². The molecule has 0 saturated heterocycles. The molecule has 0 spiro atoms. The molecule has 0 aromatic carbocycles. The van der Waals surface area contributed by atoms with Crippen LogP contribution in [0, 0.1) is 0 Å². The summed E-state index contributed by atoms with van der Waals surface area (Å²) in [7, 11) is 5.92. The Balaban J connectivity index is 3.47. The minimum absolute atomic E-state index is 0.183. The highest BCUT2D eigenvalue weighted by atomic mass is 16.2. The fourth-order valence-electron chi connectivity index (χ4n) is 1.15. The van der Waals surface area contributed by atoms with E-state index in [1.54, 1.807) is 4.90 Å². The molecule has 0 bridgehead atoms. The molecule has 1 amide bonds. The van der Waals surface area contributed by atoms with E-state index in [0.717, 1.165) is 32.5 Å². The van der Waals surface area contributed by atoms with Crippen molar-refractivity contribution in [3.05, 3.63) is 0 Å². The van der Waals surface area contributed by atoms with Crippen molar-refractivity contribution in [2.45, 2.75) is 19.8 Å². The van der Waals surface area contributed by atoms with E-state index in [0.29, 0.717) is 6.54 Å². The minimum atomic E-state index is 0.183. The molecule has 0 rings (SSSR count). The van der Waals surface area contributed by atoms with Gasteiger partial charge in [0.25, 0.3) is 0 Å². The number of carbonyl (C=O) groups is 1. The van der Waals surface area contributed by atoms with Gasteiger partial charge in [-0.2, -0.15) is 0 Å². The molecule has 0 unspecified atom stereocenters. The Bertz CT molecular complexity index is 171. The zero-order chi connectivity index (χ0) is 11.7. The van der Waals surface area contributed by atoms with Gasteiger partial charge in [-0.1, -0.05) is 13.3 Å². The van der Waals surface area contributed by atoms with E-state index in [1.165, 1.54) is 0 Å². The van der Waals surface area contributed by atoms with Crippen molar-refractivity contribution >= 4 is 5.91 Å². The van der Waals surface area contributed by atoms with Crippen LogP contribution in [0.4, 0.5) is 0 Å². The van der Waals surface area contributed by atoms with Crippen LogP contribution in [0.1, 0.15) is 19.8 Å². The molecule has 4 heteroatoms. The van der Waals surface area contributed by atoms with Gasteiger partial charge >= 0.3 is 0 Å². The number of rotatable bonds is 8. The van der Waals surface area contributed by atoms with Crippen LogP contribution in [0.25, 0.3) is 0 Å². The fraction of sp³-hybridized carbons (Fsp3) is 0.909. The standard InChI is InChI=1S/C11H25N3O/c1-5-6-8-14(4)11(15)10-12-7-9-13(2)3/h12H,5-10H2,1-4H3. The molecule has 90 valence electrons. The SMILES string of the molecule is CCCCN(C)C(=O)CNCCN(C)C. The van der Waals surface area contributed by atoms with Crippen LogP contribution in [0.5, 0.6) is 0 Å². The second kappa shape index (κ2) is 8.68. The van der Waals surface area contributed by atoms with Gasteiger partial charge in [0, 0.05) is 26.7 Å². The van der Waals surface area contributed by atoms with Crippen molar-refractivity contribution in [1.29, 1.82) is 0 Å². The van der Waals surface area contributed by atoms with Gasteiger partial charge < -0.3 is 15.1 Å². The largest absolute Gasteiger partial charge is 0.345 e. The van der Waals surface area contributed by atoms with Crippen molar-refractivity contribution in [3.8, 4) is 0 Å². The Kier molecular flexibility index (Phi) is 8.33. The second-order valence-corrected chi connectivity index (χ2v) is 4.15. The van der Waals surface area contributed by atoms with Gasteiger partial charge in [-0.25, -0.2) is 0 Å². The van der Waals surface area contributed by atoms with Crippen LogP contribution in [0.3, 0.4) is 0 Å². The molecule has 4 nitrogen and oxygen atoms in total. The van der Waals surface area contributed by atoms with Gasteiger partial charge in [0.1, 0.15) is 0 Å². The van der Waals surface area contributed by atoms with Crippen LogP contribution in [-0.4, -0.2) is 63.0 Å². The summed E-state index contributed by atoms with van der Waals surface area (Å²) in [5, 5.41) is 3.14. The van der Waals surface area contributed by atoms with Crippen molar-refractivity contribution in [2.75, 3.05) is 47.3 Å². The molecular formula is C11H25N3O. The second-order valence-electron chi connectivity index (χ2n) is 4.15. The zero-order valence-corrected chi connectivity index (χ0v) is 10.5. The lowest BCUT2D eigenvalue weighted by molar-refractivity contribution is -0.129. The summed E-state index contributed by atoms with van der Waals surface area (Å²) in [5.74, 6) is 0.183. The van der Waals surface area contributed by atoms with E-state index >= 15 is 0 Å². The Morgan fingerprint density at radius 1 is 1.20 bits per heavy atom. The van der Waals surface area contributed by atoms with Crippen LogP contribution in [0.15, 0.2) is 0 Å². The summed E-state index contributed by atoms with van der Waals surface area (Å²) < 4.78 is 0. The van der Waals surface area contributed by atoms with Crippen LogP contribution in [-0.2, 0) is 4.79 Å². The van der Waals surface area contributed by atoms with Crippen LogP contribution < -0.4 is 5.32 Å². The molecule has 0 saturated carbocycles. The normalized spacial score (nSPS) is 10.7. The lowest BCUT2D eigenvalue weighted by Gasteiger charge is -2.17. The predicted octanol–water partition coefficient (Wildman–Crippen LogP) is 0.396. The van der Waals surface area contributed by atoms with E-state index < -0.39 is 0 Å². The maximum Gasteiger partial charge on any atom is 0.236 e. The molecule has 0 fully saturated rings. The number of nitrogens with zero attached hydrogens (tertiary/aromatic N) is 2. The third-order valence-corrected chi connectivity index (χ3v) is 2.28. The number of nitrogens with one attached hydrogen (secondary N) is 1. The maximum atomic E-state index is 11.5. The zero-order valence-electron chi connectivity index (χ0n) is 10.5. The van der Waals surface area contributed by atoms with Gasteiger partial charge in [-0.05, 0) is 20.5 Å². The molecule has 0 heterocycles. The highest BCUT2D eigenvalue weighted by Gasteiger charge is 2.06. The number of amides is 1. The summed E-state index contributed by atoms with van der Waals surface area (Å²) in [6, 6.07) is 0. The van der Waals surface area contributed by atoms with E-state index in [-0.39, 0.29) is 5.91 Å². The third kappa shape index (κ3) is 8.39. The Morgan fingerprint density at radius 2 is 1.87 bits per heavy atom. The first-order valence-corrected chi connectivity index (χ1v) is 5.67. The predicted molar refractivity (Wildman–Crippen MR) is 64.0 cm³/mol. The number of hydrogen-bond acceptors (Lipinski definition) is 3. The average molecular weight is 215 g/mol. The summed E-state index contributed by atoms with van der Waals surface area (Å²) in [6.07, 6.45) is 2.21. The highest BCUT2D eigenvalue weighted by molar-refractivity contribution is 5.77. The molecule has 0 aliphatic carbocycles. The van der Waals surface area contributed by atoms with Crippen LogP contribution >= 0.6 is 0 Å². The monoisotopic (exact) mass is 215 g/mol. The Morgan fingerprint density at radius 3 is 2.40 bits per heavy atom. The Labute approximate surface area is 93.6 Å².